The predicted molar refractivity (Wildman–Crippen MR) is 231 cm³/mol. The average molecular weight is 705 g/mol. The fraction of sp³-hybridized carbons (Fsp3) is 0.319. The van der Waals surface area contributed by atoms with E-state index >= 15 is 0 Å². The van der Waals surface area contributed by atoms with Gasteiger partial charge in [-0.05, 0) is 125 Å². The standard InChI is InChI=1S/C47H56N6/c1-8-50(9-2)41-26-19-37(20-27-41)18-25-40-35-47(39-23-30-43(31-24-39)52(12-5)13-6,33-32-38-21-28-42(29-22-38)51(10-3)11-4)53(49-40)46-34-36(7)44-16-14-15-17-45(44)48-46/h14-34H,8-13,35H2,1-7H3. The van der Waals surface area contributed by atoms with Gasteiger partial charge in [-0.1, -0.05) is 72.8 Å². The Kier molecular flexibility index (Phi) is 12.0. The number of anilines is 4. The van der Waals surface area contributed by atoms with Crippen molar-refractivity contribution in [3.05, 3.63) is 138 Å². The largest absolute Gasteiger partial charge is 0.372 e. The Bertz CT molecular complexity index is 2030. The summed E-state index contributed by atoms with van der Waals surface area (Å²) in [5, 5.41) is 8.74. The molecule has 53 heavy (non-hydrogen) atoms. The molecule has 6 heteroatoms. The summed E-state index contributed by atoms with van der Waals surface area (Å²) in [4.78, 5) is 12.4. The number of nitrogens with zero attached hydrogens (tertiary/aromatic N) is 6. The zero-order valence-electron chi connectivity index (χ0n) is 32.8. The highest BCUT2D eigenvalue weighted by molar-refractivity contribution is 6.02. The minimum Gasteiger partial charge on any atom is -0.372 e. The highest BCUT2D eigenvalue weighted by atomic mass is 15.5. The lowest BCUT2D eigenvalue weighted by atomic mass is 9.83. The summed E-state index contributed by atoms with van der Waals surface area (Å²) in [5.74, 6) is 0.836. The van der Waals surface area contributed by atoms with Crippen LogP contribution < -0.4 is 19.7 Å². The molecule has 0 aliphatic carbocycles. The Hall–Kier alpha value is -5.36. The Morgan fingerprint density at radius 3 is 1.62 bits per heavy atom. The normalized spacial score (nSPS) is 15.8. The third-order valence-corrected chi connectivity index (χ3v) is 10.7. The van der Waals surface area contributed by atoms with Crippen molar-refractivity contribution in [1.29, 1.82) is 0 Å². The average Bonchev–Trinajstić information content (AvgIpc) is 3.58. The van der Waals surface area contributed by atoms with Crippen molar-refractivity contribution in [3.63, 3.8) is 0 Å². The van der Waals surface area contributed by atoms with Gasteiger partial charge in [0.1, 0.15) is 5.54 Å². The van der Waals surface area contributed by atoms with Gasteiger partial charge in [0.25, 0.3) is 0 Å². The second kappa shape index (κ2) is 17.0. The Balaban J connectivity index is 1.47. The molecule has 0 saturated carbocycles. The molecule has 4 aromatic carbocycles. The SMILES string of the molecule is CCN(CC)c1ccc(C=CC2=NN(c3cc(C)c4ccccc4n3)C(C=Cc3ccc(N(CC)CC)cc3)(c3ccc(N(CC)CC)cc3)C2)cc1. The van der Waals surface area contributed by atoms with Crippen molar-refractivity contribution in [2.45, 2.75) is 60.4 Å². The van der Waals surface area contributed by atoms with E-state index in [1.807, 2.05) is 0 Å². The van der Waals surface area contributed by atoms with Crippen LogP contribution in [0, 0.1) is 6.92 Å². The van der Waals surface area contributed by atoms with Gasteiger partial charge in [0, 0.05) is 68.1 Å². The van der Waals surface area contributed by atoms with Crippen LogP contribution in [0.5, 0.6) is 0 Å². The Morgan fingerprint density at radius 2 is 1.09 bits per heavy atom. The van der Waals surface area contributed by atoms with Crippen molar-refractivity contribution in [1.82, 2.24) is 4.98 Å². The van der Waals surface area contributed by atoms with Crippen molar-refractivity contribution in [3.8, 4) is 0 Å². The molecule has 1 unspecified atom stereocenters. The Morgan fingerprint density at radius 1 is 0.604 bits per heavy atom. The molecule has 1 aromatic heterocycles. The first-order chi connectivity index (χ1) is 25.9. The highest BCUT2D eigenvalue weighted by Gasteiger charge is 2.43. The van der Waals surface area contributed by atoms with Gasteiger partial charge in [0.05, 0.1) is 11.2 Å². The number of allylic oxidation sites excluding steroid dienone is 1. The summed E-state index contributed by atoms with van der Waals surface area (Å²) in [6.07, 6.45) is 9.68. The molecule has 0 N–H and O–H groups in total. The van der Waals surface area contributed by atoms with E-state index in [9.17, 15) is 0 Å². The number of fused-ring (bicyclic) bond motifs is 1. The van der Waals surface area contributed by atoms with E-state index in [4.69, 9.17) is 10.1 Å². The van der Waals surface area contributed by atoms with Gasteiger partial charge < -0.3 is 14.7 Å². The van der Waals surface area contributed by atoms with E-state index in [2.05, 4.69) is 196 Å². The van der Waals surface area contributed by atoms with Crippen LogP contribution in [0.4, 0.5) is 22.9 Å². The van der Waals surface area contributed by atoms with Crippen LogP contribution in [0.2, 0.25) is 0 Å². The minimum atomic E-state index is -0.618. The number of pyridine rings is 1. The van der Waals surface area contributed by atoms with Crippen molar-refractivity contribution >= 4 is 51.6 Å². The first-order valence-corrected chi connectivity index (χ1v) is 19.5. The number of aryl methyl sites for hydroxylation is 1. The monoisotopic (exact) mass is 704 g/mol. The van der Waals surface area contributed by atoms with Crippen LogP contribution in [-0.2, 0) is 5.54 Å². The smallest absolute Gasteiger partial charge is 0.151 e. The topological polar surface area (TPSA) is 38.2 Å². The zero-order valence-corrected chi connectivity index (χ0v) is 32.8. The summed E-state index contributed by atoms with van der Waals surface area (Å²) in [6.45, 7) is 21.3. The lowest BCUT2D eigenvalue weighted by Gasteiger charge is -2.36. The van der Waals surface area contributed by atoms with E-state index in [1.165, 1.54) is 28.2 Å². The lowest BCUT2D eigenvalue weighted by Crippen LogP contribution is -2.39. The van der Waals surface area contributed by atoms with Gasteiger partial charge in [0.15, 0.2) is 5.82 Å². The first-order valence-electron chi connectivity index (χ1n) is 19.5. The molecule has 6 nitrogen and oxygen atoms in total. The van der Waals surface area contributed by atoms with Crippen molar-refractivity contribution in [2.24, 2.45) is 5.10 Å². The number of hydrogen-bond donors (Lipinski definition) is 0. The summed E-state index contributed by atoms with van der Waals surface area (Å²) >= 11 is 0. The maximum absolute atomic E-state index is 5.41. The van der Waals surface area contributed by atoms with E-state index in [1.54, 1.807) is 0 Å². The number of para-hydroxylation sites is 1. The molecule has 0 fully saturated rings. The quantitative estimate of drug-likeness (QED) is 0.108. The molecule has 2 heterocycles. The molecule has 1 atom stereocenters. The maximum atomic E-state index is 5.41. The van der Waals surface area contributed by atoms with Gasteiger partial charge in [-0.2, -0.15) is 5.10 Å². The molecular weight excluding hydrogens is 649 g/mol. The van der Waals surface area contributed by atoms with Crippen molar-refractivity contribution < 1.29 is 0 Å². The fourth-order valence-electron chi connectivity index (χ4n) is 7.59. The molecule has 274 valence electrons. The van der Waals surface area contributed by atoms with E-state index in [-0.39, 0.29) is 0 Å². The Labute approximate surface area is 317 Å². The fourth-order valence-corrected chi connectivity index (χ4v) is 7.59. The second-order valence-corrected chi connectivity index (χ2v) is 13.7. The molecule has 0 amide bonds. The van der Waals surface area contributed by atoms with Crippen LogP contribution in [0.25, 0.3) is 23.1 Å². The number of rotatable bonds is 15. The minimum absolute atomic E-state index is 0.618. The van der Waals surface area contributed by atoms with Gasteiger partial charge in [-0.15, -0.1) is 0 Å². The first kappa shape index (κ1) is 37.4. The third-order valence-electron chi connectivity index (χ3n) is 10.7. The van der Waals surface area contributed by atoms with E-state index in [0.29, 0.717) is 6.42 Å². The molecular formula is C47H56N6. The van der Waals surface area contributed by atoms with E-state index < -0.39 is 5.54 Å². The third kappa shape index (κ3) is 8.02. The van der Waals surface area contributed by atoms with Crippen LogP contribution in [0.15, 0.2) is 120 Å². The van der Waals surface area contributed by atoms with Crippen molar-refractivity contribution in [2.75, 3.05) is 59.0 Å². The summed E-state index contributed by atoms with van der Waals surface area (Å²) in [6, 6.07) is 37.4. The van der Waals surface area contributed by atoms with Crippen LogP contribution in [0.3, 0.4) is 0 Å². The molecule has 0 radical (unpaired) electrons. The predicted octanol–water partition coefficient (Wildman–Crippen LogP) is 11.0. The van der Waals surface area contributed by atoms with Gasteiger partial charge in [-0.25, -0.2) is 9.99 Å². The summed E-state index contributed by atoms with van der Waals surface area (Å²) in [5.41, 5.74) is 9.73. The number of hydrogen-bond acceptors (Lipinski definition) is 6. The number of benzene rings is 4. The molecule has 0 bridgehead atoms. The second-order valence-electron chi connectivity index (χ2n) is 13.7. The van der Waals surface area contributed by atoms with Gasteiger partial charge in [-0.3, -0.25) is 0 Å². The highest BCUT2D eigenvalue weighted by Crippen LogP contribution is 2.44. The molecule has 0 saturated heterocycles. The molecule has 1 aliphatic rings. The summed E-state index contributed by atoms with van der Waals surface area (Å²) < 4.78 is 0. The maximum Gasteiger partial charge on any atom is 0.151 e. The molecule has 6 rings (SSSR count). The van der Waals surface area contributed by atoms with Crippen LogP contribution >= 0.6 is 0 Å². The van der Waals surface area contributed by atoms with Crippen LogP contribution in [-0.4, -0.2) is 50.0 Å². The molecule has 5 aromatic rings. The van der Waals surface area contributed by atoms with E-state index in [0.717, 1.165) is 72.8 Å². The number of hydrazone groups is 1. The molecule has 1 aliphatic heterocycles. The molecule has 0 spiro atoms. The number of aromatic nitrogens is 1. The summed E-state index contributed by atoms with van der Waals surface area (Å²) in [7, 11) is 0. The van der Waals surface area contributed by atoms with Crippen LogP contribution in [0.1, 0.15) is 70.2 Å². The van der Waals surface area contributed by atoms with Gasteiger partial charge >= 0.3 is 0 Å². The van der Waals surface area contributed by atoms with Gasteiger partial charge in [0.2, 0.25) is 0 Å². The zero-order chi connectivity index (χ0) is 37.4. The lowest BCUT2D eigenvalue weighted by molar-refractivity contribution is 0.553.